The van der Waals surface area contributed by atoms with Crippen LogP contribution in [0.4, 0.5) is 0 Å². The highest BCUT2D eigenvalue weighted by atomic mass is 32.2. The molecule has 0 N–H and O–H groups in total. The third-order valence-corrected chi connectivity index (χ3v) is 3.41. The van der Waals surface area contributed by atoms with E-state index in [4.69, 9.17) is 4.74 Å². The van der Waals surface area contributed by atoms with E-state index >= 15 is 0 Å². The molecule has 3 heteroatoms. The van der Waals surface area contributed by atoms with Gasteiger partial charge in [-0.25, -0.2) is 4.79 Å². The average Bonchev–Trinajstić information content (AvgIpc) is 3.11. The van der Waals surface area contributed by atoms with Gasteiger partial charge in [-0.2, -0.15) is 0 Å². The summed E-state index contributed by atoms with van der Waals surface area (Å²) in [7, 11) is 1.43. The third kappa shape index (κ3) is 2.17. The predicted molar refractivity (Wildman–Crippen MR) is 61.5 cm³/mol. The average molecular weight is 222 g/mol. The van der Waals surface area contributed by atoms with E-state index in [0.29, 0.717) is 5.92 Å². The Labute approximate surface area is 94.0 Å². The summed E-state index contributed by atoms with van der Waals surface area (Å²) in [5.41, 5.74) is 1.89. The zero-order chi connectivity index (χ0) is 10.8. The van der Waals surface area contributed by atoms with E-state index in [1.807, 2.05) is 18.4 Å². The number of carbonyl (C=O) groups excluding carboxylic acids is 1. The van der Waals surface area contributed by atoms with Gasteiger partial charge >= 0.3 is 5.97 Å². The maximum Gasteiger partial charge on any atom is 0.338 e. The Balaban J connectivity index is 2.39. The van der Waals surface area contributed by atoms with Gasteiger partial charge in [0.15, 0.2) is 0 Å². The number of benzene rings is 1. The smallest absolute Gasteiger partial charge is 0.338 e. The molecule has 1 aromatic carbocycles. The minimum atomic E-state index is -0.218. The fourth-order valence-electron chi connectivity index (χ4n) is 1.70. The number of methoxy groups -OCH3 is 1. The molecule has 0 heterocycles. The maximum atomic E-state index is 11.5. The van der Waals surface area contributed by atoms with Crippen molar-refractivity contribution in [2.45, 2.75) is 23.7 Å². The Bertz CT molecular complexity index is 383. The highest BCUT2D eigenvalue weighted by molar-refractivity contribution is 7.98. The Morgan fingerprint density at radius 2 is 2.20 bits per heavy atom. The molecular weight excluding hydrogens is 208 g/mol. The molecule has 15 heavy (non-hydrogen) atoms. The summed E-state index contributed by atoms with van der Waals surface area (Å²) < 4.78 is 4.78. The van der Waals surface area contributed by atoms with Gasteiger partial charge in [0.25, 0.3) is 0 Å². The van der Waals surface area contributed by atoms with Crippen LogP contribution < -0.4 is 0 Å². The second-order valence-corrected chi connectivity index (χ2v) is 4.60. The quantitative estimate of drug-likeness (QED) is 0.580. The van der Waals surface area contributed by atoms with Crippen molar-refractivity contribution in [2.24, 2.45) is 0 Å². The lowest BCUT2D eigenvalue weighted by Gasteiger charge is -2.08. The molecule has 1 aliphatic carbocycles. The molecule has 0 aromatic heterocycles. The van der Waals surface area contributed by atoms with Crippen LogP contribution in [0.5, 0.6) is 0 Å². The van der Waals surface area contributed by atoms with Crippen LogP contribution in [0.15, 0.2) is 23.1 Å². The summed E-state index contributed by atoms with van der Waals surface area (Å²) in [5, 5.41) is 0. The van der Waals surface area contributed by atoms with Crippen molar-refractivity contribution in [2.75, 3.05) is 13.4 Å². The van der Waals surface area contributed by atoms with Gasteiger partial charge in [0, 0.05) is 4.90 Å². The monoisotopic (exact) mass is 222 g/mol. The Morgan fingerprint density at radius 3 is 2.73 bits per heavy atom. The second-order valence-electron chi connectivity index (χ2n) is 3.72. The van der Waals surface area contributed by atoms with Crippen molar-refractivity contribution in [1.29, 1.82) is 0 Å². The van der Waals surface area contributed by atoms with Crippen molar-refractivity contribution in [3.05, 3.63) is 29.3 Å². The first kappa shape index (κ1) is 10.6. The molecule has 0 radical (unpaired) electrons. The van der Waals surface area contributed by atoms with E-state index < -0.39 is 0 Å². The van der Waals surface area contributed by atoms with E-state index in [-0.39, 0.29) is 5.97 Å². The summed E-state index contributed by atoms with van der Waals surface area (Å²) in [6.45, 7) is 0. The first-order chi connectivity index (χ1) is 7.26. The number of thioether (sulfide) groups is 1. The molecule has 0 amide bonds. The zero-order valence-electron chi connectivity index (χ0n) is 8.95. The highest BCUT2D eigenvalue weighted by Gasteiger charge is 2.28. The highest BCUT2D eigenvalue weighted by Crippen LogP contribution is 2.42. The van der Waals surface area contributed by atoms with E-state index in [9.17, 15) is 4.79 Å². The second kappa shape index (κ2) is 4.27. The number of ether oxygens (including phenoxy) is 1. The van der Waals surface area contributed by atoms with Crippen LogP contribution in [-0.4, -0.2) is 19.3 Å². The zero-order valence-corrected chi connectivity index (χ0v) is 9.76. The van der Waals surface area contributed by atoms with Gasteiger partial charge in [-0.15, -0.1) is 11.8 Å². The summed E-state index contributed by atoms with van der Waals surface area (Å²) in [6.07, 6.45) is 4.44. The topological polar surface area (TPSA) is 26.3 Å². The molecule has 0 saturated heterocycles. The Hall–Kier alpha value is -0.960. The molecule has 1 aliphatic rings. The number of hydrogen-bond acceptors (Lipinski definition) is 3. The number of rotatable bonds is 3. The van der Waals surface area contributed by atoms with Crippen LogP contribution in [0.2, 0.25) is 0 Å². The number of hydrogen-bond donors (Lipinski definition) is 0. The SMILES string of the molecule is COC(=O)c1ccc(SC)cc1C1CC1. The van der Waals surface area contributed by atoms with Crippen molar-refractivity contribution in [1.82, 2.24) is 0 Å². The van der Waals surface area contributed by atoms with Crippen molar-refractivity contribution >= 4 is 17.7 Å². The predicted octanol–water partition coefficient (Wildman–Crippen LogP) is 3.07. The van der Waals surface area contributed by atoms with Gasteiger partial charge in [-0.05, 0) is 48.8 Å². The fraction of sp³-hybridized carbons (Fsp3) is 0.417. The Kier molecular flexibility index (Phi) is 3.00. The molecule has 1 saturated carbocycles. The van der Waals surface area contributed by atoms with Crippen molar-refractivity contribution in [3.8, 4) is 0 Å². The van der Waals surface area contributed by atoms with Gasteiger partial charge in [0.1, 0.15) is 0 Å². The van der Waals surface area contributed by atoms with E-state index in [2.05, 4.69) is 6.07 Å². The molecule has 0 atom stereocenters. The van der Waals surface area contributed by atoms with Crippen LogP contribution in [-0.2, 0) is 4.74 Å². The van der Waals surface area contributed by atoms with Gasteiger partial charge < -0.3 is 4.74 Å². The lowest BCUT2D eigenvalue weighted by molar-refractivity contribution is 0.0599. The first-order valence-electron chi connectivity index (χ1n) is 5.02. The lowest BCUT2D eigenvalue weighted by Crippen LogP contribution is -2.05. The maximum absolute atomic E-state index is 11.5. The molecule has 1 aromatic rings. The molecule has 0 aliphatic heterocycles. The largest absolute Gasteiger partial charge is 0.465 e. The van der Waals surface area contributed by atoms with Gasteiger partial charge in [0.2, 0.25) is 0 Å². The summed E-state index contributed by atoms with van der Waals surface area (Å²) in [4.78, 5) is 12.7. The molecular formula is C12H14O2S. The van der Waals surface area contributed by atoms with Crippen LogP contribution in [0.25, 0.3) is 0 Å². The van der Waals surface area contributed by atoms with E-state index in [1.54, 1.807) is 11.8 Å². The molecule has 0 spiro atoms. The molecule has 80 valence electrons. The molecule has 1 fully saturated rings. The van der Waals surface area contributed by atoms with Crippen LogP contribution in [0.3, 0.4) is 0 Å². The van der Waals surface area contributed by atoms with E-state index in [1.165, 1.54) is 24.8 Å². The van der Waals surface area contributed by atoms with Gasteiger partial charge in [0.05, 0.1) is 12.7 Å². The van der Waals surface area contributed by atoms with Gasteiger partial charge in [-0.3, -0.25) is 0 Å². The van der Waals surface area contributed by atoms with Crippen LogP contribution >= 0.6 is 11.8 Å². The summed E-state index contributed by atoms with van der Waals surface area (Å²) in [5.74, 6) is 0.357. The van der Waals surface area contributed by atoms with Crippen molar-refractivity contribution in [3.63, 3.8) is 0 Å². The fourth-order valence-corrected chi connectivity index (χ4v) is 2.14. The van der Waals surface area contributed by atoms with Crippen LogP contribution in [0, 0.1) is 0 Å². The number of carbonyl (C=O) groups is 1. The normalized spacial score (nSPS) is 15.1. The summed E-state index contributed by atoms with van der Waals surface area (Å²) in [6, 6.07) is 5.97. The molecule has 0 unspecified atom stereocenters. The van der Waals surface area contributed by atoms with Crippen molar-refractivity contribution < 1.29 is 9.53 Å². The number of esters is 1. The molecule has 0 bridgehead atoms. The minimum Gasteiger partial charge on any atom is -0.465 e. The Morgan fingerprint density at radius 1 is 1.47 bits per heavy atom. The van der Waals surface area contributed by atoms with Crippen LogP contribution in [0.1, 0.15) is 34.7 Å². The minimum absolute atomic E-state index is 0.218. The lowest BCUT2D eigenvalue weighted by atomic mass is 10.0. The van der Waals surface area contributed by atoms with E-state index in [0.717, 1.165) is 11.1 Å². The standard InChI is InChI=1S/C12H14O2S/c1-14-12(13)10-6-5-9(15-2)7-11(10)8-3-4-8/h5-8H,3-4H2,1-2H3. The summed E-state index contributed by atoms with van der Waals surface area (Å²) >= 11 is 1.70. The van der Waals surface area contributed by atoms with Gasteiger partial charge in [-0.1, -0.05) is 0 Å². The molecule has 2 rings (SSSR count). The molecule has 2 nitrogen and oxygen atoms in total. The third-order valence-electron chi connectivity index (χ3n) is 2.68. The first-order valence-corrected chi connectivity index (χ1v) is 6.25.